The average molecular weight is 199 g/mol. The van der Waals surface area contributed by atoms with Gasteiger partial charge in [-0.1, -0.05) is 0 Å². The maximum absolute atomic E-state index is 10.7. The molecule has 0 atom stereocenters. The van der Waals surface area contributed by atoms with Crippen LogP contribution in [0.1, 0.15) is 5.56 Å². The lowest BCUT2D eigenvalue weighted by molar-refractivity contribution is -0.134. The molecular weight excluding hydrogens is 192 g/mol. The van der Waals surface area contributed by atoms with E-state index < -0.39 is 5.97 Å². The molecule has 13 heavy (non-hydrogen) atoms. The zero-order valence-electron chi connectivity index (χ0n) is 6.90. The lowest BCUT2D eigenvalue weighted by Gasteiger charge is -1.91. The lowest BCUT2D eigenvalue weighted by atomic mass is 10.3. The molecule has 0 aliphatic heterocycles. The minimum Gasteiger partial charge on any atom is -0.466 e. The van der Waals surface area contributed by atoms with E-state index in [4.69, 9.17) is 11.6 Å². The Kier molecular flexibility index (Phi) is 3.40. The van der Waals surface area contributed by atoms with E-state index in [0.717, 1.165) is 0 Å². The summed E-state index contributed by atoms with van der Waals surface area (Å²) in [7, 11) is 1.31. The number of methoxy groups -OCH3 is 1. The summed E-state index contributed by atoms with van der Waals surface area (Å²) in [6.45, 7) is 0. The van der Waals surface area contributed by atoms with Gasteiger partial charge < -0.3 is 4.74 Å². The van der Waals surface area contributed by atoms with Gasteiger partial charge in [-0.05, 0) is 17.7 Å². The summed E-state index contributed by atoms with van der Waals surface area (Å²) in [5, 5.41) is 0.176. The van der Waals surface area contributed by atoms with Crippen LogP contribution in [0.5, 0.6) is 0 Å². The summed E-state index contributed by atoms with van der Waals surface area (Å²) in [6.07, 6.45) is 5.85. The SMILES string of the molecule is COC(=O)/C=C/c1cnc(Cl)nc1. The maximum Gasteiger partial charge on any atom is 0.330 e. The van der Waals surface area contributed by atoms with Crippen molar-refractivity contribution < 1.29 is 9.53 Å². The molecule has 0 spiro atoms. The highest BCUT2D eigenvalue weighted by Gasteiger charge is 1.93. The van der Waals surface area contributed by atoms with Crippen LogP contribution in [0.15, 0.2) is 18.5 Å². The first-order chi connectivity index (χ1) is 6.22. The Morgan fingerprint density at radius 2 is 2.15 bits per heavy atom. The van der Waals surface area contributed by atoms with E-state index in [-0.39, 0.29) is 5.28 Å². The monoisotopic (exact) mass is 198 g/mol. The topological polar surface area (TPSA) is 52.1 Å². The van der Waals surface area contributed by atoms with Crippen molar-refractivity contribution >= 4 is 23.6 Å². The average Bonchev–Trinajstić information content (AvgIpc) is 2.16. The van der Waals surface area contributed by atoms with Gasteiger partial charge in [0.25, 0.3) is 0 Å². The molecule has 0 aliphatic carbocycles. The number of ether oxygens (including phenoxy) is 1. The Balaban J connectivity index is 2.69. The third-order valence-electron chi connectivity index (χ3n) is 1.25. The van der Waals surface area contributed by atoms with E-state index in [0.29, 0.717) is 5.56 Å². The van der Waals surface area contributed by atoms with Gasteiger partial charge in [0.2, 0.25) is 5.28 Å². The standard InChI is InChI=1S/C8H7ClN2O2/c1-13-7(12)3-2-6-4-10-8(9)11-5-6/h2-5H,1H3/b3-2+. The molecule has 1 aromatic heterocycles. The summed E-state index contributed by atoms with van der Waals surface area (Å²) < 4.78 is 4.40. The predicted molar refractivity (Wildman–Crippen MR) is 48.1 cm³/mol. The van der Waals surface area contributed by atoms with Crippen molar-refractivity contribution in [1.82, 2.24) is 9.97 Å². The number of halogens is 1. The summed E-state index contributed by atoms with van der Waals surface area (Å²) in [6, 6.07) is 0. The smallest absolute Gasteiger partial charge is 0.330 e. The van der Waals surface area contributed by atoms with Crippen LogP contribution in [-0.2, 0) is 9.53 Å². The molecule has 68 valence electrons. The summed E-state index contributed by atoms with van der Waals surface area (Å²) >= 11 is 5.46. The molecule has 1 heterocycles. The number of carbonyl (C=O) groups excluding carboxylic acids is 1. The van der Waals surface area contributed by atoms with E-state index in [2.05, 4.69) is 14.7 Å². The first kappa shape index (κ1) is 9.67. The molecule has 0 bridgehead atoms. The van der Waals surface area contributed by atoms with E-state index in [1.807, 2.05) is 0 Å². The van der Waals surface area contributed by atoms with E-state index in [1.54, 1.807) is 6.08 Å². The number of hydrogen-bond acceptors (Lipinski definition) is 4. The van der Waals surface area contributed by atoms with Gasteiger partial charge in [0.1, 0.15) is 0 Å². The van der Waals surface area contributed by atoms with Crippen molar-refractivity contribution in [2.75, 3.05) is 7.11 Å². The predicted octanol–water partition coefficient (Wildman–Crippen LogP) is 1.32. The normalized spacial score (nSPS) is 10.3. The fraction of sp³-hybridized carbons (Fsp3) is 0.125. The van der Waals surface area contributed by atoms with Gasteiger partial charge in [-0.3, -0.25) is 0 Å². The fourth-order valence-corrected chi connectivity index (χ4v) is 0.738. The highest BCUT2D eigenvalue weighted by molar-refractivity contribution is 6.28. The molecule has 4 nitrogen and oxygen atoms in total. The number of aromatic nitrogens is 2. The molecule has 0 aliphatic rings. The van der Waals surface area contributed by atoms with Gasteiger partial charge in [-0.15, -0.1) is 0 Å². The molecule has 0 fully saturated rings. The molecule has 0 unspecified atom stereocenters. The van der Waals surface area contributed by atoms with Crippen LogP contribution in [0.25, 0.3) is 6.08 Å². The van der Waals surface area contributed by atoms with E-state index >= 15 is 0 Å². The molecule has 1 rings (SSSR count). The zero-order valence-corrected chi connectivity index (χ0v) is 7.65. The zero-order chi connectivity index (χ0) is 9.68. The second-order valence-corrected chi connectivity index (χ2v) is 2.48. The molecular formula is C8H7ClN2O2. The van der Waals surface area contributed by atoms with Crippen molar-refractivity contribution in [3.63, 3.8) is 0 Å². The van der Waals surface area contributed by atoms with Crippen LogP contribution in [0.3, 0.4) is 0 Å². The molecule has 0 saturated heterocycles. The highest BCUT2D eigenvalue weighted by atomic mass is 35.5. The number of carbonyl (C=O) groups is 1. The number of nitrogens with zero attached hydrogens (tertiary/aromatic N) is 2. The van der Waals surface area contributed by atoms with Crippen LogP contribution in [0.2, 0.25) is 5.28 Å². The minimum atomic E-state index is -0.421. The second kappa shape index (κ2) is 4.57. The molecule has 0 radical (unpaired) electrons. The van der Waals surface area contributed by atoms with Gasteiger partial charge in [-0.25, -0.2) is 14.8 Å². The van der Waals surface area contributed by atoms with Gasteiger partial charge in [0.05, 0.1) is 7.11 Å². The van der Waals surface area contributed by atoms with Crippen molar-refractivity contribution in [1.29, 1.82) is 0 Å². The first-order valence-corrected chi connectivity index (χ1v) is 3.84. The van der Waals surface area contributed by atoms with Gasteiger partial charge >= 0.3 is 5.97 Å². The Morgan fingerprint density at radius 1 is 1.54 bits per heavy atom. The van der Waals surface area contributed by atoms with Crippen LogP contribution in [0.4, 0.5) is 0 Å². The Morgan fingerprint density at radius 3 is 2.69 bits per heavy atom. The van der Waals surface area contributed by atoms with Crippen molar-refractivity contribution in [3.05, 3.63) is 29.3 Å². The maximum atomic E-state index is 10.7. The number of hydrogen-bond donors (Lipinski definition) is 0. The van der Waals surface area contributed by atoms with Crippen molar-refractivity contribution in [2.45, 2.75) is 0 Å². The van der Waals surface area contributed by atoms with Gasteiger partial charge in [-0.2, -0.15) is 0 Å². The largest absolute Gasteiger partial charge is 0.466 e. The van der Waals surface area contributed by atoms with Gasteiger partial charge in [0, 0.05) is 24.0 Å². The van der Waals surface area contributed by atoms with Crippen LogP contribution in [-0.4, -0.2) is 23.0 Å². The third kappa shape index (κ3) is 3.21. The quantitative estimate of drug-likeness (QED) is 0.409. The summed E-state index contributed by atoms with van der Waals surface area (Å²) in [5.41, 5.74) is 0.690. The van der Waals surface area contributed by atoms with E-state index in [1.165, 1.54) is 25.6 Å². The summed E-state index contributed by atoms with van der Waals surface area (Å²) in [5.74, 6) is -0.421. The van der Waals surface area contributed by atoms with Crippen LogP contribution >= 0.6 is 11.6 Å². The fourth-order valence-electron chi connectivity index (χ4n) is 0.641. The van der Waals surface area contributed by atoms with Crippen molar-refractivity contribution in [2.24, 2.45) is 0 Å². The number of esters is 1. The summed E-state index contributed by atoms with van der Waals surface area (Å²) in [4.78, 5) is 18.1. The molecule has 0 saturated carbocycles. The number of rotatable bonds is 2. The molecule has 0 N–H and O–H groups in total. The molecule has 5 heteroatoms. The van der Waals surface area contributed by atoms with Crippen LogP contribution < -0.4 is 0 Å². The lowest BCUT2D eigenvalue weighted by Crippen LogP contribution is -1.93. The molecule has 0 aromatic carbocycles. The second-order valence-electron chi connectivity index (χ2n) is 2.14. The van der Waals surface area contributed by atoms with Crippen LogP contribution in [0, 0.1) is 0 Å². The van der Waals surface area contributed by atoms with Crippen molar-refractivity contribution in [3.8, 4) is 0 Å². The third-order valence-corrected chi connectivity index (χ3v) is 1.45. The Bertz CT molecular complexity index is 321. The molecule has 0 amide bonds. The van der Waals surface area contributed by atoms with E-state index in [9.17, 15) is 4.79 Å². The highest BCUT2D eigenvalue weighted by Crippen LogP contribution is 2.02. The Hall–Kier alpha value is -1.42. The molecule has 1 aromatic rings. The van der Waals surface area contributed by atoms with Gasteiger partial charge in [0.15, 0.2) is 0 Å². The first-order valence-electron chi connectivity index (χ1n) is 3.46. The minimum absolute atomic E-state index is 0.176. The Labute approximate surface area is 80.2 Å².